The van der Waals surface area contributed by atoms with Gasteiger partial charge in [-0.1, -0.05) is 30.3 Å². The minimum atomic E-state index is -1.66. The van der Waals surface area contributed by atoms with E-state index in [0.29, 0.717) is 35.0 Å². The molecule has 1 fully saturated rings. The van der Waals surface area contributed by atoms with Crippen LogP contribution in [0.3, 0.4) is 0 Å². The van der Waals surface area contributed by atoms with Gasteiger partial charge >= 0.3 is 0 Å². The average Bonchev–Trinajstić information content (AvgIpc) is 3.06. The molecule has 0 aliphatic carbocycles. The first kappa shape index (κ1) is 30.7. The Morgan fingerprint density at radius 3 is 2.34 bits per heavy atom. The van der Waals surface area contributed by atoms with Crippen molar-refractivity contribution in [2.75, 3.05) is 43.3 Å². The fourth-order valence-electron chi connectivity index (χ4n) is 5.08. The quantitative estimate of drug-likeness (QED) is 0.177. The fraction of sp³-hybridized carbons (Fsp3) is 0.235. The van der Waals surface area contributed by atoms with Crippen molar-refractivity contribution < 1.29 is 22.9 Å². The van der Waals surface area contributed by atoms with Gasteiger partial charge in [0.2, 0.25) is 0 Å². The van der Waals surface area contributed by atoms with Crippen LogP contribution in [0.15, 0.2) is 95.9 Å². The largest absolute Gasteiger partial charge is 0.495 e. The molecular formula is C34H35FN4O4S. The molecule has 8 nitrogen and oxygen atoms in total. The molecule has 44 heavy (non-hydrogen) atoms. The number of carbonyl (C=O) groups is 2. The predicted octanol–water partition coefficient (Wildman–Crippen LogP) is 6.10. The summed E-state index contributed by atoms with van der Waals surface area (Å²) in [5, 5.41) is 5.98. The summed E-state index contributed by atoms with van der Waals surface area (Å²) in [5.74, 6) is -0.305. The number of amides is 2. The maximum absolute atomic E-state index is 13.5. The van der Waals surface area contributed by atoms with Gasteiger partial charge in [0.25, 0.3) is 11.8 Å². The van der Waals surface area contributed by atoms with Crippen molar-refractivity contribution in [3.8, 4) is 16.9 Å². The van der Waals surface area contributed by atoms with Crippen molar-refractivity contribution in [1.82, 2.24) is 10.2 Å². The molecule has 0 spiro atoms. The van der Waals surface area contributed by atoms with Crippen LogP contribution in [0.2, 0.25) is 0 Å². The molecule has 1 aliphatic heterocycles. The lowest BCUT2D eigenvalue weighted by Gasteiger charge is -2.26. The summed E-state index contributed by atoms with van der Waals surface area (Å²) in [6, 6.07) is 25.9. The summed E-state index contributed by atoms with van der Waals surface area (Å²) in [5.41, 5.74) is 3.96. The predicted molar refractivity (Wildman–Crippen MR) is 172 cm³/mol. The molecule has 1 aliphatic rings. The summed E-state index contributed by atoms with van der Waals surface area (Å²) < 4.78 is 35.5. The maximum atomic E-state index is 13.5. The van der Waals surface area contributed by atoms with Crippen LogP contribution in [-0.4, -0.2) is 54.2 Å². The number of benzene rings is 4. The van der Waals surface area contributed by atoms with Crippen LogP contribution in [0.5, 0.6) is 5.75 Å². The van der Waals surface area contributed by atoms with Crippen LogP contribution in [0.4, 0.5) is 15.8 Å². The third-order valence-electron chi connectivity index (χ3n) is 7.35. The van der Waals surface area contributed by atoms with E-state index in [1.165, 1.54) is 25.3 Å². The van der Waals surface area contributed by atoms with Crippen molar-refractivity contribution in [3.63, 3.8) is 0 Å². The van der Waals surface area contributed by atoms with E-state index in [1.807, 2.05) is 59.5 Å². The number of anilines is 2. The maximum Gasteiger partial charge on any atom is 0.253 e. The number of carbonyl (C=O) groups excluding carboxylic acids is 2. The molecular weight excluding hydrogens is 579 g/mol. The highest BCUT2D eigenvalue weighted by atomic mass is 32.2. The normalized spacial score (nSPS) is 13.5. The number of hydrogen-bond acceptors (Lipinski definition) is 5. The number of ether oxygens (including phenoxy) is 1. The smallest absolute Gasteiger partial charge is 0.253 e. The second kappa shape index (κ2) is 14.7. The van der Waals surface area contributed by atoms with E-state index in [2.05, 4.69) is 15.4 Å². The molecule has 1 heterocycles. The van der Waals surface area contributed by atoms with Gasteiger partial charge in [-0.2, -0.15) is 0 Å². The molecule has 2 amide bonds. The zero-order valence-electron chi connectivity index (χ0n) is 24.5. The Balaban J connectivity index is 1.23. The van der Waals surface area contributed by atoms with E-state index in [9.17, 15) is 18.2 Å². The number of likely N-dealkylation sites (tertiary alicyclic amines) is 1. The van der Waals surface area contributed by atoms with Crippen LogP contribution in [0.25, 0.3) is 11.1 Å². The lowest BCUT2D eigenvalue weighted by molar-refractivity contribution is 0.0724. The van der Waals surface area contributed by atoms with E-state index >= 15 is 0 Å². The Hall–Kier alpha value is -4.70. The molecule has 4 aromatic carbocycles. The Bertz CT molecular complexity index is 1660. The summed E-state index contributed by atoms with van der Waals surface area (Å²) in [6.45, 7) is 2.32. The number of methoxy groups -OCH3 is 1. The molecule has 1 atom stereocenters. The molecule has 228 valence electrons. The first-order chi connectivity index (χ1) is 21.4. The molecule has 10 heteroatoms. The molecule has 0 bridgehead atoms. The zero-order valence-corrected chi connectivity index (χ0v) is 25.3. The zero-order chi connectivity index (χ0) is 30.9. The molecule has 1 unspecified atom stereocenters. The average molecular weight is 615 g/mol. The van der Waals surface area contributed by atoms with E-state index in [1.54, 1.807) is 18.2 Å². The van der Waals surface area contributed by atoms with Crippen LogP contribution in [0.1, 0.15) is 40.0 Å². The second-order valence-corrected chi connectivity index (χ2v) is 11.6. The lowest BCUT2D eigenvalue weighted by Crippen LogP contribution is -2.35. The number of nitrogens with one attached hydrogen (secondary N) is 3. The Morgan fingerprint density at radius 1 is 0.818 bits per heavy atom. The molecule has 0 saturated carbocycles. The molecule has 3 N–H and O–H groups in total. The number of halogens is 1. The van der Waals surface area contributed by atoms with Gasteiger partial charge in [0.15, 0.2) is 11.0 Å². The third kappa shape index (κ3) is 7.82. The van der Waals surface area contributed by atoms with Gasteiger partial charge in [-0.05, 0) is 91.1 Å². The first-order valence-corrected chi connectivity index (χ1v) is 15.7. The van der Waals surface area contributed by atoms with Gasteiger partial charge in [0, 0.05) is 48.7 Å². The van der Waals surface area contributed by atoms with E-state index in [4.69, 9.17) is 4.74 Å². The first-order valence-electron chi connectivity index (χ1n) is 14.5. The Morgan fingerprint density at radius 2 is 1.55 bits per heavy atom. The van der Waals surface area contributed by atoms with Crippen LogP contribution in [-0.2, 0) is 11.0 Å². The van der Waals surface area contributed by atoms with E-state index < -0.39 is 16.8 Å². The monoisotopic (exact) mass is 614 g/mol. The molecule has 4 aromatic rings. The van der Waals surface area contributed by atoms with Gasteiger partial charge in [-0.15, -0.1) is 0 Å². The second-order valence-electron chi connectivity index (χ2n) is 10.4. The topological polar surface area (TPSA) is 99.8 Å². The van der Waals surface area contributed by atoms with Crippen molar-refractivity contribution in [1.29, 1.82) is 0 Å². The van der Waals surface area contributed by atoms with E-state index in [-0.39, 0.29) is 17.4 Å². The van der Waals surface area contributed by atoms with Gasteiger partial charge in [0.1, 0.15) is 16.5 Å². The Kier molecular flexibility index (Phi) is 10.2. The minimum absolute atomic E-state index is 0.0352. The number of nitrogens with zero attached hydrogens (tertiary/aromatic N) is 1. The van der Waals surface area contributed by atoms with Crippen LogP contribution >= 0.6 is 0 Å². The molecule has 0 aromatic heterocycles. The van der Waals surface area contributed by atoms with Gasteiger partial charge in [-0.25, -0.2) is 8.60 Å². The summed E-state index contributed by atoms with van der Waals surface area (Å²) in [6.07, 6.45) is 3.21. The highest BCUT2D eigenvalue weighted by Crippen LogP contribution is 2.31. The van der Waals surface area contributed by atoms with Gasteiger partial charge in [0.05, 0.1) is 7.11 Å². The minimum Gasteiger partial charge on any atom is -0.495 e. The molecule has 0 radical (unpaired) electrons. The number of hydrogen-bond donors (Lipinski definition) is 3. The third-order valence-corrected chi connectivity index (χ3v) is 8.49. The molecule has 1 saturated heterocycles. The molecule has 5 rings (SSSR count). The summed E-state index contributed by atoms with van der Waals surface area (Å²) in [4.78, 5) is 27.7. The van der Waals surface area contributed by atoms with Crippen molar-refractivity contribution in [3.05, 3.63) is 108 Å². The standard InChI is InChI=1S/C34H35FN4O4S/c1-43-31-15-14-25(24-8-5-10-27(20-24)34(41)39-18-3-2-4-19-39)22-32(31)44(42)38-30-13-7-12-29(23-30)36-16-17-37-33(40)26-9-6-11-28(35)21-26/h5-15,20-23,36,38H,2-4,16-19H2,1H3,(H,37,40). The van der Waals surface area contributed by atoms with E-state index in [0.717, 1.165) is 49.2 Å². The highest BCUT2D eigenvalue weighted by Gasteiger charge is 2.19. The Labute approximate surface area is 259 Å². The SMILES string of the molecule is COc1ccc(-c2cccc(C(=O)N3CCCCC3)c2)cc1S(=O)Nc1cccc(NCCNC(=O)c2cccc(F)c2)c1. The van der Waals surface area contributed by atoms with Crippen molar-refractivity contribution in [2.24, 2.45) is 0 Å². The fourth-order valence-corrected chi connectivity index (χ4v) is 6.10. The van der Waals surface area contributed by atoms with Crippen molar-refractivity contribution in [2.45, 2.75) is 24.2 Å². The highest BCUT2D eigenvalue weighted by molar-refractivity contribution is 7.86. The van der Waals surface area contributed by atoms with Gasteiger partial charge in [-0.3, -0.25) is 9.59 Å². The summed E-state index contributed by atoms with van der Waals surface area (Å²) >= 11 is 0. The number of piperidine rings is 1. The number of rotatable bonds is 11. The summed E-state index contributed by atoms with van der Waals surface area (Å²) in [7, 11) is -0.125. The lowest BCUT2D eigenvalue weighted by atomic mass is 10.0. The van der Waals surface area contributed by atoms with Gasteiger partial charge < -0.3 is 25.0 Å². The van der Waals surface area contributed by atoms with Crippen molar-refractivity contribution >= 4 is 34.2 Å². The van der Waals surface area contributed by atoms with Crippen LogP contribution in [0, 0.1) is 5.82 Å². The van der Waals surface area contributed by atoms with Crippen LogP contribution < -0.4 is 20.1 Å².